The lowest BCUT2D eigenvalue weighted by atomic mass is 10.1. The van der Waals surface area contributed by atoms with Gasteiger partial charge in [-0.25, -0.2) is 0 Å². The molecule has 0 saturated carbocycles. The van der Waals surface area contributed by atoms with E-state index in [1.165, 1.54) is 4.57 Å². The summed E-state index contributed by atoms with van der Waals surface area (Å²) < 4.78 is 1.49. The molecule has 0 saturated heterocycles. The van der Waals surface area contributed by atoms with Crippen molar-refractivity contribution < 1.29 is 5.11 Å². The smallest absolute Gasteiger partial charge is 0.263 e. The van der Waals surface area contributed by atoms with Gasteiger partial charge in [-0.15, -0.1) is 0 Å². The summed E-state index contributed by atoms with van der Waals surface area (Å²) in [5.41, 5.74) is 1.76. The number of hydrogen-bond acceptors (Lipinski definition) is 3. The Labute approximate surface area is 151 Å². The second-order valence-electron chi connectivity index (χ2n) is 5.75. The van der Waals surface area contributed by atoms with Gasteiger partial charge in [0.05, 0.1) is 21.6 Å². The Bertz CT molecular complexity index is 1010. The normalized spacial score (nSPS) is 10.8. The van der Waals surface area contributed by atoms with Crippen molar-refractivity contribution in [2.45, 2.75) is 6.92 Å². The van der Waals surface area contributed by atoms with Crippen LogP contribution < -0.4 is 10.5 Å². The van der Waals surface area contributed by atoms with Gasteiger partial charge >= 0.3 is 0 Å². The number of rotatable bonds is 4. The summed E-state index contributed by atoms with van der Waals surface area (Å²) in [4.78, 5) is 14.8. The maximum atomic E-state index is 12.9. The number of nitrogens with zero attached hydrogens (tertiary/aromatic N) is 2. The molecule has 0 aliphatic carbocycles. The van der Waals surface area contributed by atoms with E-state index in [0.29, 0.717) is 28.2 Å². The molecule has 1 N–H and O–H groups in total. The summed E-state index contributed by atoms with van der Waals surface area (Å²) in [6.07, 6.45) is 0. The minimum atomic E-state index is -0.313. The zero-order valence-corrected chi connectivity index (χ0v) is 14.9. The minimum absolute atomic E-state index is 0.136. The number of pyridine rings is 1. The molecule has 25 heavy (non-hydrogen) atoms. The highest BCUT2D eigenvalue weighted by Gasteiger charge is 2.22. The van der Waals surface area contributed by atoms with Gasteiger partial charge in [-0.05, 0) is 31.2 Å². The van der Waals surface area contributed by atoms with Crippen LogP contribution in [0.5, 0.6) is 5.75 Å². The molecular weight excluding hydrogens is 336 g/mol. The maximum Gasteiger partial charge on any atom is 0.263 e. The molecule has 3 rings (SSSR count). The van der Waals surface area contributed by atoms with Gasteiger partial charge in [0.15, 0.2) is 0 Å². The van der Waals surface area contributed by atoms with Crippen LogP contribution in [0.3, 0.4) is 0 Å². The third kappa shape index (κ3) is 2.79. The van der Waals surface area contributed by atoms with E-state index in [2.05, 4.69) is 6.58 Å². The largest absolute Gasteiger partial charge is 0.506 e. The third-order valence-corrected chi connectivity index (χ3v) is 4.66. The summed E-state index contributed by atoms with van der Waals surface area (Å²) in [6, 6.07) is 14.8. The predicted molar refractivity (Wildman–Crippen MR) is 104 cm³/mol. The minimum Gasteiger partial charge on any atom is -0.506 e. The molecule has 0 amide bonds. The molecule has 0 aliphatic heterocycles. The lowest BCUT2D eigenvalue weighted by molar-refractivity contribution is 0.477. The van der Waals surface area contributed by atoms with Gasteiger partial charge in [0.25, 0.3) is 5.56 Å². The summed E-state index contributed by atoms with van der Waals surface area (Å²) in [6.45, 7) is 6.65. The van der Waals surface area contributed by atoms with Gasteiger partial charge in [0, 0.05) is 19.3 Å². The predicted octanol–water partition coefficient (Wildman–Crippen LogP) is 4.39. The number of benzene rings is 2. The number of aromatic nitrogens is 1. The Morgan fingerprint density at radius 2 is 1.88 bits per heavy atom. The van der Waals surface area contributed by atoms with Crippen LogP contribution in [0.15, 0.2) is 59.9 Å². The molecule has 5 heteroatoms. The van der Waals surface area contributed by atoms with Crippen LogP contribution in [-0.2, 0) is 7.05 Å². The van der Waals surface area contributed by atoms with E-state index in [1.54, 1.807) is 25.2 Å². The standard InChI is InChI=1S/C20H19ClN2O2/c1-4-23(14-9-6-5-7-10-14)13(2)17-19(24)18-15(21)11-8-12-16(18)22(3)20(17)25/h5-12,24H,2,4H2,1,3H3. The molecule has 0 spiro atoms. The van der Waals surface area contributed by atoms with Gasteiger partial charge in [-0.1, -0.05) is 42.4 Å². The Hall–Kier alpha value is -2.72. The number of aromatic hydroxyl groups is 1. The van der Waals surface area contributed by atoms with Crippen LogP contribution in [0.4, 0.5) is 5.69 Å². The molecule has 0 aliphatic rings. The van der Waals surface area contributed by atoms with Crippen LogP contribution in [0, 0.1) is 0 Å². The van der Waals surface area contributed by atoms with E-state index in [-0.39, 0.29) is 16.9 Å². The number of aryl methyl sites for hydroxylation is 1. The lowest BCUT2D eigenvalue weighted by Gasteiger charge is -2.26. The summed E-state index contributed by atoms with van der Waals surface area (Å²) >= 11 is 6.28. The second-order valence-corrected chi connectivity index (χ2v) is 6.16. The number of anilines is 1. The highest BCUT2D eigenvalue weighted by atomic mass is 35.5. The van der Waals surface area contributed by atoms with Crippen molar-refractivity contribution in [3.05, 3.63) is 76.0 Å². The quantitative estimate of drug-likeness (QED) is 0.755. The van der Waals surface area contributed by atoms with Gasteiger partial charge in [-0.2, -0.15) is 0 Å². The number of halogens is 1. The molecular formula is C20H19ClN2O2. The van der Waals surface area contributed by atoms with E-state index in [1.807, 2.05) is 42.2 Å². The first-order valence-corrected chi connectivity index (χ1v) is 8.37. The fourth-order valence-corrected chi connectivity index (χ4v) is 3.32. The van der Waals surface area contributed by atoms with Crippen molar-refractivity contribution in [3.63, 3.8) is 0 Å². The molecule has 3 aromatic rings. The maximum absolute atomic E-state index is 12.9. The molecule has 1 aromatic heterocycles. The first-order valence-electron chi connectivity index (χ1n) is 7.99. The Morgan fingerprint density at radius 3 is 2.52 bits per heavy atom. The zero-order valence-electron chi connectivity index (χ0n) is 14.2. The van der Waals surface area contributed by atoms with Crippen LogP contribution in [0.2, 0.25) is 5.02 Å². The fraction of sp³-hybridized carbons (Fsp3) is 0.150. The van der Waals surface area contributed by atoms with Crippen molar-refractivity contribution in [3.8, 4) is 5.75 Å². The summed E-state index contributed by atoms with van der Waals surface area (Å²) in [5.74, 6) is -0.136. The second kappa shape index (κ2) is 6.65. The molecule has 0 unspecified atom stereocenters. The average molecular weight is 355 g/mol. The highest BCUT2D eigenvalue weighted by molar-refractivity contribution is 6.36. The third-order valence-electron chi connectivity index (χ3n) is 4.34. The molecule has 0 bridgehead atoms. The van der Waals surface area contributed by atoms with Gasteiger partial charge < -0.3 is 14.6 Å². The zero-order chi connectivity index (χ0) is 18.1. The monoisotopic (exact) mass is 354 g/mol. The van der Waals surface area contributed by atoms with Crippen LogP contribution >= 0.6 is 11.6 Å². The van der Waals surface area contributed by atoms with Crippen LogP contribution in [-0.4, -0.2) is 16.2 Å². The summed E-state index contributed by atoms with van der Waals surface area (Å²) in [5, 5.41) is 11.7. The highest BCUT2D eigenvalue weighted by Crippen LogP contribution is 2.36. The van der Waals surface area contributed by atoms with Crippen LogP contribution in [0.1, 0.15) is 12.5 Å². The fourth-order valence-electron chi connectivity index (χ4n) is 3.06. The van der Waals surface area contributed by atoms with Gasteiger partial charge in [-0.3, -0.25) is 4.79 Å². The Balaban J connectivity index is 2.27. The molecule has 2 aromatic carbocycles. The molecule has 128 valence electrons. The lowest BCUT2D eigenvalue weighted by Crippen LogP contribution is -2.28. The van der Waals surface area contributed by atoms with Crippen molar-refractivity contribution in [1.82, 2.24) is 4.57 Å². The first kappa shape index (κ1) is 17.1. The van der Waals surface area contributed by atoms with Crippen LogP contribution in [0.25, 0.3) is 16.6 Å². The van der Waals surface area contributed by atoms with Gasteiger partial charge in [0.2, 0.25) is 0 Å². The Kier molecular flexibility index (Phi) is 4.55. The summed E-state index contributed by atoms with van der Waals surface area (Å²) in [7, 11) is 1.66. The molecule has 1 heterocycles. The molecule has 4 nitrogen and oxygen atoms in total. The van der Waals surface area contributed by atoms with E-state index < -0.39 is 0 Å². The number of fused-ring (bicyclic) bond motifs is 1. The van der Waals surface area contributed by atoms with Crippen molar-refractivity contribution in [2.75, 3.05) is 11.4 Å². The van der Waals surface area contributed by atoms with Gasteiger partial charge in [0.1, 0.15) is 11.3 Å². The molecule has 0 radical (unpaired) electrons. The van der Waals surface area contributed by atoms with E-state index >= 15 is 0 Å². The van der Waals surface area contributed by atoms with Crippen molar-refractivity contribution in [1.29, 1.82) is 0 Å². The van der Waals surface area contributed by atoms with E-state index in [0.717, 1.165) is 5.69 Å². The van der Waals surface area contributed by atoms with E-state index in [9.17, 15) is 9.90 Å². The van der Waals surface area contributed by atoms with E-state index in [4.69, 9.17) is 11.6 Å². The topological polar surface area (TPSA) is 45.5 Å². The SMILES string of the molecule is C=C(c1c(O)c2c(Cl)cccc2n(C)c1=O)N(CC)c1ccccc1. The Morgan fingerprint density at radius 1 is 1.20 bits per heavy atom. The van der Waals surface area contributed by atoms with Crippen molar-refractivity contribution in [2.24, 2.45) is 7.05 Å². The first-order chi connectivity index (χ1) is 12.0. The average Bonchev–Trinajstić information content (AvgIpc) is 2.61. The van der Waals surface area contributed by atoms with Crippen molar-refractivity contribution >= 4 is 33.9 Å². The molecule has 0 atom stereocenters. The number of hydrogen-bond donors (Lipinski definition) is 1. The number of para-hydroxylation sites is 1. The molecule has 0 fully saturated rings.